The Morgan fingerprint density at radius 2 is 2.14 bits per heavy atom. The van der Waals surface area contributed by atoms with Crippen molar-refractivity contribution in [2.75, 3.05) is 11.9 Å². The lowest BCUT2D eigenvalue weighted by atomic mass is 9.93. The Balaban J connectivity index is 1.58. The van der Waals surface area contributed by atoms with E-state index in [9.17, 15) is 4.79 Å². The number of hydrogen-bond acceptors (Lipinski definition) is 2. The Morgan fingerprint density at radius 1 is 1.29 bits per heavy atom. The Hall–Kier alpha value is -1.77. The highest BCUT2D eigenvalue weighted by Crippen LogP contribution is 2.43. The predicted octanol–water partition coefficient (Wildman–Crippen LogP) is 3.45. The normalized spacial score (nSPS) is 26.3. The largest absolute Gasteiger partial charge is 0.385 e. The number of fused-ring (bicyclic) bond motifs is 2. The molecule has 0 saturated heterocycles. The van der Waals surface area contributed by atoms with E-state index in [1.807, 2.05) is 38.1 Å². The quantitative estimate of drug-likeness (QED) is 0.813. The van der Waals surface area contributed by atoms with Gasteiger partial charge in [-0.25, -0.2) is 0 Å². The first-order valence-electron chi connectivity index (χ1n) is 7.95. The van der Waals surface area contributed by atoms with Gasteiger partial charge in [0.2, 0.25) is 0 Å². The number of carbonyl (C=O) groups is 1. The predicted molar refractivity (Wildman–Crippen MR) is 86.4 cm³/mol. The minimum absolute atomic E-state index is 0.00323. The molecule has 0 heterocycles. The Bertz CT molecular complexity index is 550. The van der Waals surface area contributed by atoms with Crippen molar-refractivity contribution in [1.82, 2.24) is 5.32 Å². The molecule has 3 nitrogen and oxygen atoms in total. The van der Waals surface area contributed by atoms with Crippen LogP contribution in [-0.2, 0) is 0 Å². The SMILES string of the molecule is CC(C)NC(=O)c1cccc(NCC2CC3C=CC2C3)c1. The van der Waals surface area contributed by atoms with Gasteiger partial charge in [0.05, 0.1) is 0 Å². The van der Waals surface area contributed by atoms with Gasteiger partial charge in [-0.15, -0.1) is 0 Å². The third-order valence-electron chi connectivity index (χ3n) is 4.53. The van der Waals surface area contributed by atoms with Crippen molar-refractivity contribution < 1.29 is 4.79 Å². The molecule has 0 aromatic heterocycles. The lowest BCUT2D eigenvalue weighted by molar-refractivity contribution is 0.0943. The van der Waals surface area contributed by atoms with Gasteiger partial charge in [-0.3, -0.25) is 4.79 Å². The van der Waals surface area contributed by atoms with E-state index in [1.54, 1.807) is 0 Å². The summed E-state index contributed by atoms with van der Waals surface area (Å²) in [5.74, 6) is 2.31. The molecule has 0 radical (unpaired) electrons. The van der Waals surface area contributed by atoms with Crippen LogP contribution in [0.2, 0.25) is 0 Å². The molecular formula is C18H24N2O. The molecule has 1 aromatic rings. The van der Waals surface area contributed by atoms with Crippen molar-refractivity contribution in [3.05, 3.63) is 42.0 Å². The maximum atomic E-state index is 12.0. The standard InChI is InChI=1S/C18H24N2O/c1-12(2)20-18(21)15-4-3-5-17(10-15)19-11-16-9-13-6-7-14(16)8-13/h3-7,10,12-14,16,19H,8-9,11H2,1-2H3,(H,20,21). The summed E-state index contributed by atoms with van der Waals surface area (Å²) in [6, 6.07) is 7.95. The number of hydrogen-bond donors (Lipinski definition) is 2. The topological polar surface area (TPSA) is 41.1 Å². The van der Waals surface area contributed by atoms with Crippen LogP contribution in [0.25, 0.3) is 0 Å². The first kappa shape index (κ1) is 14.2. The summed E-state index contributed by atoms with van der Waals surface area (Å²) < 4.78 is 0. The van der Waals surface area contributed by atoms with Gasteiger partial charge in [0.15, 0.2) is 0 Å². The molecule has 2 N–H and O–H groups in total. The number of allylic oxidation sites excluding steroid dienone is 2. The van der Waals surface area contributed by atoms with Gasteiger partial charge in [0, 0.05) is 23.8 Å². The van der Waals surface area contributed by atoms with Crippen molar-refractivity contribution in [1.29, 1.82) is 0 Å². The molecule has 0 spiro atoms. The zero-order valence-corrected chi connectivity index (χ0v) is 12.8. The average Bonchev–Trinajstić information content (AvgIpc) is 3.07. The van der Waals surface area contributed by atoms with Crippen LogP contribution in [0.15, 0.2) is 36.4 Å². The minimum Gasteiger partial charge on any atom is -0.385 e. The Labute approximate surface area is 126 Å². The second-order valence-corrected chi connectivity index (χ2v) is 6.63. The fourth-order valence-corrected chi connectivity index (χ4v) is 3.49. The van der Waals surface area contributed by atoms with E-state index in [4.69, 9.17) is 0 Å². The van der Waals surface area contributed by atoms with Gasteiger partial charge in [-0.2, -0.15) is 0 Å². The van der Waals surface area contributed by atoms with Gasteiger partial charge in [-0.05, 0) is 62.6 Å². The lowest BCUT2D eigenvalue weighted by Crippen LogP contribution is -2.30. The molecule has 1 amide bonds. The molecule has 0 aliphatic heterocycles. The number of carbonyl (C=O) groups excluding carboxylic acids is 1. The van der Waals surface area contributed by atoms with Crippen molar-refractivity contribution in [2.24, 2.45) is 17.8 Å². The maximum absolute atomic E-state index is 12.0. The summed E-state index contributed by atoms with van der Waals surface area (Å²) >= 11 is 0. The molecule has 3 rings (SSSR count). The van der Waals surface area contributed by atoms with E-state index in [0.29, 0.717) is 0 Å². The molecule has 1 fully saturated rings. The van der Waals surface area contributed by atoms with Gasteiger partial charge in [-0.1, -0.05) is 18.2 Å². The number of nitrogens with one attached hydrogen (secondary N) is 2. The molecule has 21 heavy (non-hydrogen) atoms. The highest BCUT2D eigenvalue weighted by atomic mass is 16.1. The second-order valence-electron chi connectivity index (χ2n) is 6.63. The summed E-state index contributed by atoms with van der Waals surface area (Å²) in [6.45, 7) is 4.95. The van der Waals surface area contributed by atoms with Crippen LogP contribution in [0.1, 0.15) is 37.0 Å². The Kier molecular flexibility index (Phi) is 4.00. The minimum atomic E-state index is -0.00323. The molecule has 112 valence electrons. The molecule has 2 bridgehead atoms. The molecule has 1 saturated carbocycles. The van der Waals surface area contributed by atoms with E-state index in [1.165, 1.54) is 12.8 Å². The molecule has 3 unspecified atom stereocenters. The van der Waals surface area contributed by atoms with Gasteiger partial charge in [0.1, 0.15) is 0 Å². The van der Waals surface area contributed by atoms with Crippen molar-refractivity contribution in [3.63, 3.8) is 0 Å². The first-order valence-corrected chi connectivity index (χ1v) is 7.95. The summed E-state index contributed by atoms with van der Waals surface area (Å²) in [6.07, 6.45) is 7.40. The lowest BCUT2D eigenvalue weighted by Gasteiger charge is -2.19. The molecule has 2 aliphatic carbocycles. The monoisotopic (exact) mass is 284 g/mol. The fraction of sp³-hybridized carbons (Fsp3) is 0.500. The van der Waals surface area contributed by atoms with Gasteiger partial charge in [0.25, 0.3) is 5.91 Å². The number of anilines is 1. The van der Waals surface area contributed by atoms with Gasteiger partial charge < -0.3 is 10.6 Å². The van der Waals surface area contributed by atoms with Crippen molar-refractivity contribution in [3.8, 4) is 0 Å². The van der Waals surface area contributed by atoms with Crippen LogP contribution in [-0.4, -0.2) is 18.5 Å². The fourth-order valence-electron chi connectivity index (χ4n) is 3.49. The molecule has 1 aromatic carbocycles. The highest BCUT2D eigenvalue weighted by molar-refractivity contribution is 5.95. The van der Waals surface area contributed by atoms with Gasteiger partial charge >= 0.3 is 0 Å². The van der Waals surface area contributed by atoms with Crippen LogP contribution in [0.3, 0.4) is 0 Å². The van der Waals surface area contributed by atoms with Crippen LogP contribution in [0, 0.1) is 17.8 Å². The summed E-state index contributed by atoms with van der Waals surface area (Å²) in [4.78, 5) is 12.0. The zero-order chi connectivity index (χ0) is 14.8. The van der Waals surface area contributed by atoms with E-state index >= 15 is 0 Å². The highest BCUT2D eigenvalue weighted by Gasteiger charge is 2.35. The van der Waals surface area contributed by atoms with Crippen molar-refractivity contribution in [2.45, 2.75) is 32.7 Å². The summed E-state index contributed by atoms with van der Waals surface area (Å²) in [5, 5.41) is 6.44. The summed E-state index contributed by atoms with van der Waals surface area (Å²) in [5.41, 5.74) is 1.76. The smallest absolute Gasteiger partial charge is 0.251 e. The molecule has 2 aliphatic rings. The number of rotatable bonds is 5. The second kappa shape index (κ2) is 5.92. The van der Waals surface area contributed by atoms with Crippen LogP contribution in [0.5, 0.6) is 0 Å². The van der Waals surface area contributed by atoms with E-state index in [-0.39, 0.29) is 11.9 Å². The van der Waals surface area contributed by atoms with Crippen LogP contribution < -0.4 is 10.6 Å². The third kappa shape index (κ3) is 3.29. The summed E-state index contributed by atoms with van der Waals surface area (Å²) in [7, 11) is 0. The molecule has 3 heteroatoms. The maximum Gasteiger partial charge on any atom is 0.251 e. The number of benzene rings is 1. The average molecular weight is 284 g/mol. The van der Waals surface area contributed by atoms with E-state index in [2.05, 4.69) is 22.8 Å². The van der Waals surface area contributed by atoms with Crippen molar-refractivity contribution >= 4 is 11.6 Å². The first-order chi connectivity index (χ1) is 10.1. The van der Waals surface area contributed by atoms with Crippen LogP contribution in [0.4, 0.5) is 5.69 Å². The zero-order valence-electron chi connectivity index (χ0n) is 12.8. The number of amides is 1. The Morgan fingerprint density at radius 3 is 2.81 bits per heavy atom. The molecular weight excluding hydrogens is 260 g/mol. The van der Waals surface area contributed by atoms with Crippen LogP contribution >= 0.6 is 0 Å². The molecule has 3 atom stereocenters. The third-order valence-corrected chi connectivity index (χ3v) is 4.53. The van der Waals surface area contributed by atoms with E-state index in [0.717, 1.165) is 35.5 Å². The van der Waals surface area contributed by atoms with E-state index < -0.39 is 0 Å².